The Morgan fingerprint density at radius 3 is 2.65 bits per heavy atom. The Morgan fingerprint density at radius 2 is 2.00 bits per heavy atom. The Labute approximate surface area is 154 Å². The summed E-state index contributed by atoms with van der Waals surface area (Å²) < 4.78 is 20.0. The van der Waals surface area contributed by atoms with Crippen molar-refractivity contribution in [2.45, 2.75) is 6.92 Å². The summed E-state index contributed by atoms with van der Waals surface area (Å²) in [7, 11) is 0. The van der Waals surface area contributed by atoms with Gasteiger partial charge in [-0.15, -0.1) is 0 Å². The van der Waals surface area contributed by atoms with Crippen molar-refractivity contribution in [3.05, 3.63) is 64.4 Å². The lowest BCUT2D eigenvalue weighted by Crippen LogP contribution is -2.10. The van der Waals surface area contributed by atoms with E-state index >= 15 is 4.39 Å². The standard InChI is InChI=1S/C20H14ClFN2O2/c1-2-26-20(25)14-9-15(21)17(18(22)19(14)24)13-8-4-6-11-5-3-7-12(10-23)16(11)13/h3-9H,2,24H2,1H3. The molecule has 0 radical (unpaired) electrons. The van der Waals surface area contributed by atoms with Crippen LogP contribution >= 0.6 is 11.6 Å². The van der Waals surface area contributed by atoms with E-state index in [9.17, 15) is 10.1 Å². The number of nitrogens with zero attached hydrogens (tertiary/aromatic N) is 1. The first-order valence-electron chi connectivity index (χ1n) is 7.86. The number of carbonyl (C=O) groups excluding carboxylic acids is 1. The highest BCUT2D eigenvalue weighted by molar-refractivity contribution is 6.34. The molecule has 0 unspecified atom stereocenters. The van der Waals surface area contributed by atoms with E-state index in [0.717, 1.165) is 5.39 Å². The van der Waals surface area contributed by atoms with Crippen molar-refractivity contribution < 1.29 is 13.9 Å². The third kappa shape index (κ3) is 2.85. The Hall–Kier alpha value is -3.10. The normalized spacial score (nSPS) is 10.5. The lowest BCUT2D eigenvalue weighted by atomic mass is 9.93. The van der Waals surface area contributed by atoms with Crippen LogP contribution in [0.25, 0.3) is 21.9 Å². The highest BCUT2D eigenvalue weighted by Crippen LogP contribution is 2.40. The van der Waals surface area contributed by atoms with Crippen molar-refractivity contribution in [1.29, 1.82) is 5.26 Å². The molecule has 2 N–H and O–H groups in total. The second kappa shape index (κ2) is 7.03. The largest absolute Gasteiger partial charge is 0.462 e. The Kier molecular flexibility index (Phi) is 4.79. The van der Waals surface area contributed by atoms with Gasteiger partial charge in [0.1, 0.15) is 0 Å². The van der Waals surface area contributed by atoms with Crippen molar-refractivity contribution in [1.82, 2.24) is 0 Å². The number of esters is 1. The van der Waals surface area contributed by atoms with Crippen LogP contribution in [0.1, 0.15) is 22.8 Å². The Bertz CT molecular complexity index is 1070. The number of ether oxygens (including phenoxy) is 1. The number of nitrogens with two attached hydrogens (primary N) is 1. The Morgan fingerprint density at radius 1 is 1.31 bits per heavy atom. The van der Waals surface area contributed by atoms with Gasteiger partial charge in [0.25, 0.3) is 0 Å². The van der Waals surface area contributed by atoms with Crippen LogP contribution in [0.3, 0.4) is 0 Å². The number of anilines is 1. The molecule has 0 bridgehead atoms. The van der Waals surface area contributed by atoms with Gasteiger partial charge >= 0.3 is 5.97 Å². The first kappa shape index (κ1) is 17.7. The van der Waals surface area contributed by atoms with E-state index in [-0.39, 0.29) is 28.4 Å². The predicted molar refractivity (Wildman–Crippen MR) is 99.4 cm³/mol. The first-order valence-corrected chi connectivity index (χ1v) is 8.24. The molecule has 3 rings (SSSR count). The van der Waals surface area contributed by atoms with Crippen molar-refractivity contribution >= 4 is 34.0 Å². The zero-order chi connectivity index (χ0) is 18.8. The molecule has 0 fully saturated rings. The lowest BCUT2D eigenvalue weighted by Gasteiger charge is -2.15. The summed E-state index contributed by atoms with van der Waals surface area (Å²) in [5.74, 6) is -1.56. The van der Waals surface area contributed by atoms with Crippen LogP contribution in [-0.2, 0) is 4.74 Å². The van der Waals surface area contributed by atoms with Gasteiger partial charge in [-0.2, -0.15) is 5.26 Å². The third-order valence-corrected chi connectivity index (χ3v) is 4.34. The zero-order valence-corrected chi connectivity index (χ0v) is 14.6. The van der Waals surface area contributed by atoms with Gasteiger partial charge in [0.05, 0.1) is 34.5 Å². The van der Waals surface area contributed by atoms with Crippen LogP contribution in [0.5, 0.6) is 0 Å². The molecule has 0 spiro atoms. The van der Waals surface area contributed by atoms with E-state index in [0.29, 0.717) is 16.5 Å². The van der Waals surface area contributed by atoms with Crippen LogP contribution in [0.2, 0.25) is 5.02 Å². The molecule has 26 heavy (non-hydrogen) atoms. The molecule has 4 nitrogen and oxygen atoms in total. The van der Waals surface area contributed by atoms with E-state index in [1.165, 1.54) is 6.07 Å². The fourth-order valence-electron chi connectivity index (χ4n) is 2.90. The van der Waals surface area contributed by atoms with Crippen LogP contribution in [0.15, 0.2) is 42.5 Å². The number of carbonyl (C=O) groups is 1. The van der Waals surface area contributed by atoms with Gasteiger partial charge in [-0.3, -0.25) is 0 Å². The second-order valence-electron chi connectivity index (χ2n) is 5.55. The number of hydrogen-bond acceptors (Lipinski definition) is 4. The molecule has 0 saturated heterocycles. The monoisotopic (exact) mass is 368 g/mol. The Balaban J connectivity index is 2.33. The number of nitriles is 1. The van der Waals surface area contributed by atoms with Crippen LogP contribution in [-0.4, -0.2) is 12.6 Å². The molecule has 6 heteroatoms. The summed E-state index contributed by atoms with van der Waals surface area (Å²) >= 11 is 6.30. The maximum Gasteiger partial charge on any atom is 0.340 e. The van der Waals surface area contributed by atoms with E-state index < -0.39 is 11.8 Å². The molecule has 0 amide bonds. The minimum atomic E-state index is -0.819. The zero-order valence-electron chi connectivity index (χ0n) is 13.8. The minimum absolute atomic E-state index is 0.0139. The fourth-order valence-corrected chi connectivity index (χ4v) is 3.20. The van der Waals surface area contributed by atoms with E-state index in [4.69, 9.17) is 22.1 Å². The molecule has 0 aliphatic carbocycles. The SMILES string of the molecule is CCOC(=O)c1cc(Cl)c(-c2cccc3cccc(C#N)c23)c(F)c1N. The predicted octanol–water partition coefficient (Wildman–Crippen LogP) is 4.93. The number of hydrogen-bond donors (Lipinski definition) is 1. The van der Waals surface area contributed by atoms with Gasteiger partial charge in [-0.1, -0.05) is 41.9 Å². The van der Waals surface area contributed by atoms with Gasteiger partial charge in [0, 0.05) is 10.9 Å². The number of rotatable bonds is 3. The molecule has 0 aromatic heterocycles. The quantitative estimate of drug-likeness (QED) is 0.525. The van der Waals surface area contributed by atoms with E-state index in [2.05, 4.69) is 6.07 Å². The van der Waals surface area contributed by atoms with E-state index in [1.54, 1.807) is 31.2 Å². The van der Waals surface area contributed by atoms with Gasteiger partial charge < -0.3 is 10.5 Å². The van der Waals surface area contributed by atoms with Gasteiger partial charge in [-0.25, -0.2) is 9.18 Å². The summed E-state index contributed by atoms with van der Waals surface area (Å²) in [6.07, 6.45) is 0. The minimum Gasteiger partial charge on any atom is -0.462 e. The van der Waals surface area contributed by atoms with Crippen LogP contribution in [0.4, 0.5) is 10.1 Å². The highest BCUT2D eigenvalue weighted by atomic mass is 35.5. The molecular formula is C20H14ClFN2O2. The molecule has 0 saturated carbocycles. The topological polar surface area (TPSA) is 76.1 Å². The molecule has 130 valence electrons. The highest BCUT2D eigenvalue weighted by Gasteiger charge is 2.23. The molecule has 0 aliphatic rings. The summed E-state index contributed by atoms with van der Waals surface area (Å²) in [6.45, 7) is 1.77. The van der Waals surface area contributed by atoms with Crippen molar-refractivity contribution in [3.63, 3.8) is 0 Å². The molecular weight excluding hydrogens is 355 g/mol. The fraction of sp³-hybridized carbons (Fsp3) is 0.100. The number of nitrogen functional groups attached to an aromatic ring is 1. The van der Waals surface area contributed by atoms with Gasteiger partial charge in [0.15, 0.2) is 5.82 Å². The lowest BCUT2D eigenvalue weighted by molar-refractivity contribution is 0.0527. The smallest absolute Gasteiger partial charge is 0.340 e. The maximum absolute atomic E-state index is 15.1. The average molecular weight is 369 g/mol. The number of fused-ring (bicyclic) bond motifs is 1. The van der Waals surface area contributed by atoms with E-state index in [1.807, 2.05) is 12.1 Å². The number of halogens is 2. The second-order valence-corrected chi connectivity index (χ2v) is 5.96. The van der Waals surface area contributed by atoms with Crippen LogP contribution in [0, 0.1) is 17.1 Å². The summed E-state index contributed by atoms with van der Waals surface area (Å²) in [5, 5.41) is 10.8. The molecule has 3 aromatic carbocycles. The average Bonchev–Trinajstić information content (AvgIpc) is 2.64. The maximum atomic E-state index is 15.1. The van der Waals surface area contributed by atoms with Crippen molar-refractivity contribution in [2.24, 2.45) is 0 Å². The van der Waals surface area contributed by atoms with Crippen molar-refractivity contribution in [2.75, 3.05) is 12.3 Å². The third-order valence-electron chi connectivity index (χ3n) is 4.05. The molecule has 0 aliphatic heterocycles. The summed E-state index contributed by atoms with van der Waals surface area (Å²) in [6, 6.07) is 13.8. The van der Waals surface area contributed by atoms with Gasteiger partial charge in [0.2, 0.25) is 0 Å². The summed E-state index contributed by atoms with van der Waals surface area (Å²) in [4.78, 5) is 12.0. The van der Waals surface area contributed by atoms with Gasteiger partial charge in [-0.05, 0) is 30.0 Å². The first-order chi connectivity index (χ1) is 12.5. The molecule has 0 atom stereocenters. The number of benzene rings is 3. The molecule has 0 heterocycles. The summed E-state index contributed by atoms with van der Waals surface area (Å²) in [5.41, 5.74) is 6.24. The van der Waals surface area contributed by atoms with Crippen molar-refractivity contribution in [3.8, 4) is 17.2 Å². The molecule has 3 aromatic rings. The van der Waals surface area contributed by atoms with Crippen LogP contribution < -0.4 is 5.73 Å².